The number of ether oxygens (including phenoxy) is 4. The molecule has 6 rings (SSSR count). The lowest BCUT2D eigenvalue weighted by Crippen LogP contribution is -3.61. The lowest BCUT2D eigenvalue weighted by Gasteiger charge is -2.16. The fraction of sp³-hybridized carbons (Fsp3) is 0.136. The molecule has 0 spiro atoms. The zero-order valence-electron chi connectivity index (χ0n) is 30.6. The van der Waals surface area contributed by atoms with Crippen molar-refractivity contribution < 1.29 is 67.0 Å². The van der Waals surface area contributed by atoms with Gasteiger partial charge in [0.15, 0.2) is 23.1 Å². The summed E-state index contributed by atoms with van der Waals surface area (Å²) in [6.07, 6.45) is 0. The van der Waals surface area contributed by atoms with Crippen LogP contribution in [0.15, 0.2) is 146 Å². The summed E-state index contributed by atoms with van der Waals surface area (Å²) in [6.45, 7) is 4.20. The number of Topliss-reactive ketones (excluding diaryl/α,β-unsaturated/α-hetero) is 2. The Morgan fingerprint density at radius 1 is 0.446 bits per heavy atom. The lowest BCUT2D eigenvalue weighted by molar-refractivity contribution is -0.599. The quantitative estimate of drug-likeness (QED) is 0.0428. The van der Waals surface area contributed by atoms with Gasteiger partial charge in [0.25, 0.3) is 0 Å². The minimum atomic E-state index is -6.00. The molecule has 0 aromatic heterocycles. The monoisotopic (exact) mass is 876 g/mol. The highest BCUT2D eigenvalue weighted by Gasteiger charge is 2.34. The maximum atomic E-state index is 13.4. The highest BCUT2D eigenvalue weighted by molar-refractivity contribution is 6.50. The zero-order valence-corrected chi connectivity index (χ0v) is 32.8. The van der Waals surface area contributed by atoms with E-state index in [1.54, 1.807) is 0 Å². The standard InChI is InChI=1S/C44H38IO6.BF4/c1-31(46)41-39(48-27-33-15-7-3-8-16-33)25-23-37(43(41)50-29-35-19-11-5-12-20-35)45-38-24-26-40(49-28-34-17-9-4-10-18-34)42(32(2)47)44(38)51-30-36-21-13-6-14-22-36;2-1(3,4)5/h3-26H,27-30H2,1-2H3;/q+1;-1. The topological polar surface area (TPSA) is 71.1 Å². The van der Waals surface area contributed by atoms with Gasteiger partial charge < -0.3 is 36.2 Å². The maximum Gasteiger partial charge on any atom is 0.673 e. The number of rotatable bonds is 16. The molecule has 0 N–H and O–H groups in total. The Hall–Kier alpha value is -5.63. The number of hydrogen-bond donors (Lipinski definition) is 0. The molecule has 0 saturated carbocycles. The van der Waals surface area contributed by atoms with Gasteiger partial charge in [0, 0.05) is 0 Å². The van der Waals surface area contributed by atoms with Gasteiger partial charge in [-0.1, -0.05) is 121 Å². The van der Waals surface area contributed by atoms with Gasteiger partial charge in [-0.3, -0.25) is 9.59 Å². The van der Waals surface area contributed by atoms with Crippen molar-refractivity contribution in [2.24, 2.45) is 0 Å². The third-order valence-electron chi connectivity index (χ3n) is 7.98. The summed E-state index contributed by atoms with van der Waals surface area (Å²) >= 11 is -1.06. The third-order valence-corrected chi connectivity index (χ3v) is 10.8. The van der Waals surface area contributed by atoms with E-state index in [0.29, 0.717) is 47.3 Å². The Balaban J connectivity index is 0.00000113. The molecule has 56 heavy (non-hydrogen) atoms. The number of halogens is 5. The first-order chi connectivity index (χ1) is 27.0. The Labute approximate surface area is 333 Å². The molecule has 12 heteroatoms. The predicted molar refractivity (Wildman–Crippen MR) is 204 cm³/mol. The highest BCUT2D eigenvalue weighted by Crippen LogP contribution is 2.33. The number of benzene rings is 6. The summed E-state index contributed by atoms with van der Waals surface area (Å²) in [5.74, 6) is 1.54. The average Bonchev–Trinajstić information content (AvgIpc) is 3.19. The molecule has 6 aromatic rings. The second-order valence-corrected chi connectivity index (χ2v) is 15.2. The van der Waals surface area contributed by atoms with Crippen LogP contribution in [0.2, 0.25) is 0 Å². The van der Waals surface area contributed by atoms with Crippen LogP contribution in [0, 0.1) is 7.14 Å². The van der Waals surface area contributed by atoms with Crippen LogP contribution in [0.5, 0.6) is 23.0 Å². The molecule has 0 aliphatic heterocycles. The van der Waals surface area contributed by atoms with Crippen LogP contribution in [-0.2, 0) is 26.4 Å². The van der Waals surface area contributed by atoms with Crippen molar-refractivity contribution in [3.05, 3.63) is 186 Å². The van der Waals surface area contributed by atoms with Gasteiger partial charge in [0.05, 0.1) is 0 Å². The summed E-state index contributed by atoms with van der Waals surface area (Å²) in [5, 5.41) is 0. The van der Waals surface area contributed by atoms with Gasteiger partial charge in [0.1, 0.15) is 49.1 Å². The van der Waals surface area contributed by atoms with Gasteiger partial charge in [-0.2, -0.15) is 0 Å². The summed E-state index contributed by atoms with van der Waals surface area (Å²) in [7, 11) is -6.00. The molecule has 0 aliphatic rings. The van der Waals surface area contributed by atoms with Crippen LogP contribution in [0.4, 0.5) is 17.3 Å². The molecule has 6 aromatic carbocycles. The normalized spacial score (nSPS) is 10.8. The molecule has 0 bridgehead atoms. The van der Waals surface area contributed by atoms with Gasteiger partial charge in [-0.15, -0.1) is 0 Å². The van der Waals surface area contributed by atoms with E-state index < -0.39 is 28.5 Å². The van der Waals surface area contributed by atoms with Crippen molar-refractivity contribution in [2.75, 3.05) is 0 Å². The van der Waals surface area contributed by atoms with Crippen molar-refractivity contribution >= 4 is 18.8 Å². The highest BCUT2D eigenvalue weighted by atomic mass is 127. The molecule has 0 unspecified atom stereocenters. The second kappa shape index (κ2) is 20.3. The first-order valence-corrected chi connectivity index (χ1v) is 19.7. The Kier molecular flexibility index (Phi) is 15.1. The maximum absolute atomic E-state index is 13.4. The molecule has 0 amide bonds. The SMILES string of the molecule is CC(=O)c1c(OCc2ccccc2)ccc([I+]c2ccc(OCc3ccccc3)c(C(C)=O)c2OCc2ccccc2)c1OCc1ccccc1.F[B-](F)(F)F. The largest absolute Gasteiger partial charge is 0.673 e. The smallest absolute Gasteiger partial charge is 0.488 e. The van der Waals surface area contributed by atoms with Crippen molar-refractivity contribution in [1.82, 2.24) is 0 Å². The van der Waals surface area contributed by atoms with Crippen LogP contribution in [0.1, 0.15) is 56.8 Å². The number of hydrogen-bond acceptors (Lipinski definition) is 6. The molecular formula is C44H38BF4IO6. The first kappa shape index (κ1) is 41.5. The molecule has 0 saturated heterocycles. The minimum absolute atomic E-state index is 0.165. The molecular weight excluding hydrogens is 838 g/mol. The van der Waals surface area contributed by atoms with Gasteiger partial charge in [-0.05, 0) is 60.4 Å². The Morgan fingerprint density at radius 2 is 0.714 bits per heavy atom. The Bertz CT molecular complexity index is 2030. The van der Waals surface area contributed by atoms with Crippen molar-refractivity contribution in [1.29, 1.82) is 0 Å². The summed E-state index contributed by atoms with van der Waals surface area (Å²) in [4.78, 5) is 26.8. The van der Waals surface area contributed by atoms with E-state index in [0.717, 1.165) is 29.4 Å². The number of carbonyl (C=O) groups is 2. The van der Waals surface area contributed by atoms with E-state index in [9.17, 15) is 26.9 Å². The first-order valence-electron chi connectivity index (χ1n) is 17.5. The van der Waals surface area contributed by atoms with Crippen LogP contribution in [-0.4, -0.2) is 18.8 Å². The minimum Gasteiger partial charge on any atom is -0.488 e. The molecule has 0 atom stereocenters. The second-order valence-electron chi connectivity index (χ2n) is 12.3. The van der Waals surface area contributed by atoms with Crippen LogP contribution in [0.3, 0.4) is 0 Å². The third kappa shape index (κ3) is 12.7. The fourth-order valence-electron chi connectivity index (χ4n) is 5.46. The van der Waals surface area contributed by atoms with Gasteiger partial charge in [-0.25, -0.2) is 0 Å². The van der Waals surface area contributed by atoms with E-state index in [-0.39, 0.29) is 24.8 Å². The molecule has 6 nitrogen and oxygen atoms in total. The fourth-order valence-corrected chi connectivity index (χ4v) is 8.14. The zero-order chi connectivity index (χ0) is 39.9. The lowest BCUT2D eigenvalue weighted by atomic mass is 10.1. The van der Waals surface area contributed by atoms with E-state index in [2.05, 4.69) is 0 Å². The van der Waals surface area contributed by atoms with Crippen LogP contribution in [0.25, 0.3) is 0 Å². The Morgan fingerprint density at radius 3 is 0.982 bits per heavy atom. The predicted octanol–water partition coefficient (Wildman–Crippen LogP) is 7.84. The van der Waals surface area contributed by atoms with Crippen molar-refractivity contribution in [3.8, 4) is 23.0 Å². The van der Waals surface area contributed by atoms with E-state index in [1.807, 2.05) is 146 Å². The van der Waals surface area contributed by atoms with Crippen molar-refractivity contribution in [2.45, 2.75) is 40.3 Å². The summed E-state index contributed by atoms with van der Waals surface area (Å²) in [5.41, 5.74) is 4.69. The molecule has 0 aliphatic carbocycles. The van der Waals surface area contributed by atoms with Crippen LogP contribution >= 0.6 is 0 Å². The summed E-state index contributed by atoms with van der Waals surface area (Å²) in [6, 6.07) is 47.0. The molecule has 288 valence electrons. The number of carbonyl (C=O) groups excluding carboxylic acids is 2. The van der Waals surface area contributed by atoms with Gasteiger partial charge >= 0.3 is 28.5 Å². The molecule has 0 heterocycles. The van der Waals surface area contributed by atoms with Gasteiger partial charge in [0.2, 0.25) is 7.14 Å². The molecule has 0 radical (unpaired) electrons. The summed E-state index contributed by atoms with van der Waals surface area (Å²) < 4.78 is 66.3. The van der Waals surface area contributed by atoms with Crippen LogP contribution < -0.4 is 40.2 Å². The van der Waals surface area contributed by atoms with Crippen molar-refractivity contribution in [3.63, 3.8) is 0 Å². The average molecular weight is 876 g/mol. The van der Waals surface area contributed by atoms with E-state index >= 15 is 0 Å². The van der Waals surface area contributed by atoms with E-state index in [4.69, 9.17) is 18.9 Å². The number of ketones is 2. The van der Waals surface area contributed by atoms with E-state index in [1.165, 1.54) is 13.8 Å². The molecule has 0 fully saturated rings.